The molecule has 0 aromatic carbocycles. The molecule has 1 aliphatic carbocycles. The summed E-state index contributed by atoms with van der Waals surface area (Å²) in [6, 6.07) is 0. The molecule has 1 rings (SSSR count). The summed E-state index contributed by atoms with van der Waals surface area (Å²) in [5, 5.41) is 0. The molecule has 0 aromatic rings. The van der Waals surface area contributed by atoms with E-state index < -0.39 is 0 Å². The van der Waals surface area contributed by atoms with E-state index in [2.05, 4.69) is 45.2 Å². The maximum atomic E-state index is 2.39. The molecule has 0 amide bonds. The summed E-state index contributed by atoms with van der Waals surface area (Å²) in [4.78, 5) is 0. The summed E-state index contributed by atoms with van der Waals surface area (Å²) in [6.45, 7) is 0. The Balaban J connectivity index is 2.38. The lowest BCUT2D eigenvalue weighted by Crippen LogP contribution is -1.54. The van der Waals surface area contributed by atoms with Crippen LogP contribution in [0.2, 0.25) is 0 Å². The van der Waals surface area contributed by atoms with Crippen molar-refractivity contribution in [2.75, 3.05) is 4.43 Å². The standard InChI is InChI=1S/C4H4I2/c5-2-3-1-4(3)6/h1-2H2. The van der Waals surface area contributed by atoms with Crippen molar-refractivity contribution in [2.45, 2.75) is 6.42 Å². The molecule has 0 aliphatic heterocycles. The normalized spacial score (nSPS) is 19.0. The van der Waals surface area contributed by atoms with Gasteiger partial charge in [0.15, 0.2) is 0 Å². The lowest BCUT2D eigenvalue weighted by molar-refractivity contribution is 1.52. The molecule has 0 aromatic heterocycles. The molecule has 2 heteroatoms. The SMILES string of the molecule is ICC1=C(I)C1. The molecule has 0 N–H and O–H groups in total. The van der Waals surface area contributed by atoms with Crippen LogP contribution in [0.1, 0.15) is 6.42 Å². The molecule has 0 saturated heterocycles. The third-order valence-corrected chi connectivity index (χ3v) is 2.85. The van der Waals surface area contributed by atoms with E-state index in [1.807, 2.05) is 0 Å². The zero-order valence-electron chi connectivity index (χ0n) is 3.17. The van der Waals surface area contributed by atoms with Crippen LogP contribution < -0.4 is 0 Å². The summed E-state index contributed by atoms with van der Waals surface area (Å²) in [5.41, 5.74) is 1.65. The van der Waals surface area contributed by atoms with Gasteiger partial charge in [0.05, 0.1) is 0 Å². The van der Waals surface area contributed by atoms with E-state index in [0.717, 1.165) is 0 Å². The van der Waals surface area contributed by atoms with Crippen LogP contribution in [0.3, 0.4) is 0 Å². The van der Waals surface area contributed by atoms with E-state index in [0.29, 0.717) is 0 Å². The lowest BCUT2D eigenvalue weighted by atomic mass is 10.6. The second-order valence-electron chi connectivity index (χ2n) is 1.32. The number of alkyl halides is 1. The third-order valence-electron chi connectivity index (χ3n) is 0.789. The largest absolute Gasteiger partial charge is 0.0815 e. The van der Waals surface area contributed by atoms with Gasteiger partial charge in [-0.15, -0.1) is 0 Å². The highest BCUT2D eigenvalue weighted by Crippen LogP contribution is 2.37. The van der Waals surface area contributed by atoms with Gasteiger partial charge in [0.25, 0.3) is 0 Å². The molecule has 0 saturated carbocycles. The summed E-state index contributed by atoms with van der Waals surface area (Å²) in [6.07, 6.45) is 1.31. The van der Waals surface area contributed by atoms with Gasteiger partial charge in [-0.1, -0.05) is 22.6 Å². The molecule has 1 aliphatic rings. The Morgan fingerprint density at radius 3 is 2.17 bits per heavy atom. The lowest BCUT2D eigenvalue weighted by Gasteiger charge is -1.65. The number of rotatable bonds is 1. The topological polar surface area (TPSA) is 0 Å². The molecule has 0 nitrogen and oxygen atoms in total. The van der Waals surface area contributed by atoms with Gasteiger partial charge in [0.2, 0.25) is 0 Å². The molecule has 0 heterocycles. The maximum Gasteiger partial charge on any atom is 0.0219 e. The van der Waals surface area contributed by atoms with Crippen LogP contribution in [0.5, 0.6) is 0 Å². The Bertz CT molecular complexity index is 93.7. The van der Waals surface area contributed by atoms with Crippen LogP contribution in [0.15, 0.2) is 9.15 Å². The molecular weight excluding hydrogens is 302 g/mol. The molecule has 0 bridgehead atoms. The first-order valence-electron chi connectivity index (χ1n) is 1.77. The average molecular weight is 306 g/mol. The minimum Gasteiger partial charge on any atom is -0.0815 e. The van der Waals surface area contributed by atoms with Crippen molar-refractivity contribution in [1.82, 2.24) is 0 Å². The third kappa shape index (κ3) is 1.08. The monoisotopic (exact) mass is 306 g/mol. The average Bonchev–Trinajstić information content (AvgIpc) is 2.19. The molecular formula is C4H4I2. The van der Waals surface area contributed by atoms with Crippen molar-refractivity contribution in [3.8, 4) is 0 Å². The van der Waals surface area contributed by atoms with Crippen molar-refractivity contribution < 1.29 is 0 Å². The summed E-state index contributed by atoms with van der Waals surface area (Å²) in [5.74, 6) is 0. The number of hydrogen-bond donors (Lipinski definition) is 0. The molecule has 0 atom stereocenters. The van der Waals surface area contributed by atoms with Crippen molar-refractivity contribution in [3.63, 3.8) is 0 Å². The van der Waals surface area contributed by atoms with Crippen molar-refractivity contribution >= 4 is 45.2 Å². The Kier molecular flexibility index (Phi) is 1.76. The fourth-order valence-corrected chi connectivity index (χ4v) is 2.37. The van der Waals surface area contributed by atoms with E-state index >= 15 is 0 Å². The first-order chi connectivity index (χ1) is 2.84. The minimum absolute atomic E-state index is 1.25. The van der Waals surface area contributed by atoms with Gasteiger partial charge in [0, 0.05) is 10.8 Å². The van der Waals surface area contributed by atoms with Crippen LogP contribution in [0.4, 0.5) is 0 Å². The van der Waals surface area contributed by atoms with Gasteiger partial charge in [-0.25, -0.2) is 0 Å². The van der Waals surface area contributed by atoms with Crippen LogP contribution in [-0.4, -0.2) is 4.43 Å². The van der Waals surface area contributed by atoms with E-state index in [1.165, 1.54) is 10.8 Å². The Morgan fingerprint density at radius 1 is 1.67 bits per heavy atom. The van der Waals surface area contributed by atoms with Crippen LogP contribution in [-0.2, 0) is 0 Å². The summed E-state index contributed by atoms with van der Waals surface area (Å²) in [7, 11) is 0. The Hall–Kier alpha value is 1.20. The van der Waals surface area contributed by atoms with Crippen molar-refractivity contribution in [1.29, 1.82) is 0 Å². The van der Waals surface area contributed by atoms with Crippen molar-refractivity contribution in [2.24, 2.45) is 0 Å². The molecule has 0 radical (unpaired) electrons. The summed E-state index contributed by atoms with van der Waals surface area (Å²) >= 11 is 4.78. The highest BCUT2D eigenvalue weighted by atomic mass is 127. The fraction of sp³-hybridized carbons (Fsp3) is 0.500. The molecule has 6 heavy (non-hydrogen) atoms. The zero-order chi connectivity index (χ0) is 4.57. The second-order valence-corrected chi connectivity index (χ2v) is 3.38. The van der Waals surface area contributed by atoms with Gasteiger partial charge >= 0.3 is 0 Å². The molecule has 0 fully saturated rings. The van der Waals surface area contributed by atoms with E-state index in [4.69, 9.17) is 0 Å². The summed E-state index contributed by atoms with van der Waals surface area (Å²) < 4.78 is 2.83. The molecule has 0 unspecified atom stereocenters. The van der Waals surface area contributed by atoms with Gasteiger partial charge in [-0.2, -0.15) is 0 Å². The van der Waals surface area contributed by atoms with Crippen molar-refractivity contribution in [3.05, 3.63) is 9.15 Å². The first-order valence-corrected chi connectivity index (χ1v) is 4.37. The van der Waals surface area contributed by atoms with Gasteiger partial charge in [-0.05, 0) is 31.7 Å². The predicted molar refractivity (Wildman–Crippen MR) is 44.6 cm³/mol. The van der Waals surface area contributed by atoms with Gasteiger partial charge in [0.1, 0.15) is 0 Å². The number of allylic oxidation sites excluding steroid dienone is 2. The van der Waals surface area contributed by atoms with Crippen LogP contribution in [0.25, 0.3) is 0 Å². The van der Waals surface area contributed by atoms with E-state index in [-0.39, 0.29) is 0 Å². The van der Waals surface area contributed by atoms with Gasteiger partial charge < -0.3 is 0 Å². The Morgan fingerprint density at radius 2 is 2.17 bits per heavy atom. The van der Waals surface area contributed by atoms with Crippen LogP contribution >= 0.6 is 45.2 Å². The highest BCUT2D eigenvalue weighted by Gasteiger charge is 2.15. The number of halogens is 2. The van der Waals surface area contributed by atoms with E-state index in [1.54, 1.807) is 9.15 Å². The van der Waals surface area contributed by atoms with Crippen LogP contribution in [0, 0.1) is 0 Å². The first kappa shape index (κ1) is 5.34. The zero-order valence-corrected chi connectivity index (χ0v) is 7.49. The smallest absolute Gasteiger partial charge is 0.0219 e. The highest BCUT2D eigenvalue weighted by molar-refractivity contribution is 14.1. The minimum atomic E-state index is 1.25. The quantitative estimate of drug-likeness (QED) is 0.516. The maximum absolute atomic E-state index is 2.39. The predicted octanol–water partition coefficient (Wildman–Crippen LogP) is 2.51. The second kappa shape index (κ2) is 1.98. The van der Waals surface area contributed by atoms with Gasteiger partial charge in [-0.3, -0.25) is 0 Å². The van der Waals surface area contributed by atoms with E-state index in [9.17, 15) is 0 Å². The Labute approximate surface area is 64.7 Å². The molecule has 34 valence electrons. The number of hydrogen-bond acceptors (Lipinski definition) is 0. The fourth-order valence-electron chi connectivity index (χ4n) is 0.263. The molecule has 0 spiro atoms.